The SMILES string of the molecule is Cc1cc([N+](=O)[O-])nn1C(C)C(=O)O. The largest absolute Gasteiger partial charge is 0.480 e. The first-order chi connectivity index (χ1) is 6.43. The summed E-state index contributed by atoms with van der Waals surface area (Å²) in [6.45, 7) is 2.98. The van der Waals surface area contributed by atoms with Crippen molar-refractivity contribution >= 4 is 11.8 Å². The summed E-state index contributed by atoms with van der Waals surface area (Å²) in [5.41, 5.74) is 0.451. The highest BCUT2D eigenvalue weighted by Crippen LogP contribution is 2.15. The van der Waals surface area contributed by atoms with Crippen LogP contribution in [0.25, 0.3) is 0 Å². The van der Waals surface area contributed by atoms with Gasteiger partial charge in [-0.1, -0.05) is 0 Å². The molecular weight excluding hydrogens is 190 g/mol. The van der Waals surface area contributed by atoms with Gasteiger partial charge in [-0.25, -0.2) is 4.79 Å². The Bertz CT molecular complexity index is 384. The van der Waals surface area contributed by atoms with Gasteiger partial charge in [0.15, 0.2) is 6.04 Å². The van der Waals surface area contributed by atoms with E-state index in [1.165, 1.54) is 13.0 Å². The van der Waals surface area contributed by atoms with E-state index in [4.69, 9.17) is 5.11 Å². The third-order valence-corrected chi connectivity index (χ3v) is 1.82. The highest BCUT2D eigenvalue weighted by molar-refractivity contribution is 5.71. The quantitative estimate of drug-likeness (QED) is 0.571. The first-order valence-electron chi connectivity index (χ1n) is 3.87. The van der Waals surface area contributed by atoms with Gasteiger partial charge in [-0.05, 0) is 18.8 Å². The third kappa shape index (κ3) is 1.70. The molecule has 0 saturated carbocycles. The predicted molar refractivity (Wildman–Crippen MR) is 46.0 cm³/mol. The summed E-state index contributed by atoms with van der Waals surface area (Å²) in [5.74, 6) is -1.42. The minimum Gasteiger partial charge on any atom is -0.480 e. The van der Waals surface area contributed by atoms with E-state index in [2.05, 4.69) is 5.10 Å². The third-order valence-electron chi connectivity index (χ3n) is 1.82. The van der Waals surface area contributed by atoms with Crippen molar-refractivity contribution in [2.45, 2.75) is 19.9 Å². The summed E-state index contributed by atoms with van der Waals surface area (Å²) in [4.78, 5) is 20.3. The summed E-state index contributed by atoms with van der Waals surface area (Å²) < 4.78 is 1.11. The van der Waals surface area contributed by atoms with Gasteiger partial charge in [-0.2, -0.15) is 4.68 Å². The van der Waals surface area contributed by atoms with Gasteiger partial charge in [0.25, 0.3) is 0 Å². The van der Waals surface area contributed by atoms with Crippen LogP contribution >= 0.6 is 0 Å². The van der Waals surface area contributed by atoms with Gasteiger partial charge in [0.2, 0.25) is 0 Å². The predicted octanol–water partition coefficient (Wildman–Crippen LogP) is 0.745. The number of nitrogens with zero attached hydrogens (tertiary/aromatic N) is 3. The summed E-state index contributed by atoms with van der Waals surface area (Å²) in [6, 6.07) is 0.336. The molecule has 1 N–H and O–H groups in total. The summed E-state index contributed by atoms with van der Waals surface area (Å²) in [5, 5.41) is 22.6. The fourth-order valence-corrected chi connectivity index (χ4v) is 1.06. The number of hydrogen-bond donors (Lipinski definition) is 1. The molecule has 76 valence electrons. The van der Waals surface area contributed by atoms with Gasteiger partial charge in [0.05, 0.1) is 16.9 Å². The maximum atomic E-state index is 10.6. The molecule has 1 aromatic heterocycles. The van der Waals surface area contributed by atoms with E-state index in [0.717, 1.165) is 4.68 Å². The molecule has 1 atom stereocenters. The number of aryl methyl sites for hydroxylation is 1. The van der Waals surface area contributed by atoms with Crippen molar-refractivity contribution in [3.63, 3.8) is 0 Å². The Hall–Kier alpha value is -1.92. The Labute approximate surface area is 79.1 Å². The van der Waals surface area contributed by atoms with Gasteiger partial charge >= 0.3 is 11.8 Å². The fourth-order valence-electron chi connectivity index (χ4n) is 1.06. The molecule has 0 spiro atoms. The van der Waals surface area contributed by atoms with Crippen molar-refractivity contribution in [3.05, 3.63) is 21.9 Å². The molecule has 0 saturated heterocycles. The molecular formula is C7H9N3O4. The lowest BCUT2D eigenvalue weighted by Gasteiger charge is -2.03. The van der Waals surface area contributed by atoms with Gasteiger partial charge < -0.3 is 15.2 Å². The molecule has 0 fully saturated rings. The first-order valence-corrected chi connectivity index (χ1v) is 3.87. The molecule has 1 aromatic rings. The van der Waals surface area contributed by atoms with Gasteiger partial charge in [0, 0.05) is 0 Å². The lowest BCUT2D eigenvalue weighted by atomic mass is 10.3. The molecule has 0 aliphatic rings. The highest BCUT2D eigenvalue weighted by atomic mass is 16.6. The van der Waals surface area contributed by atoms with Crippen molar-refractivity contribution in [2.24, 2.45) is 0 Å². The second-order valence-corrected chi connectivity index (χ2v) is 2.86. The van der Waals surface area contributed by atoms with Crippen LogP contribution in [0.15, 0.2) is 6.07 Å². The molecule has 0 aliphatic heterocycles. The molecule has 1 unspecified atom stereocenters. The van der Waals surface area contributed by atoms with E-state index in [0.29, 0.717) is 5.69 Å². The Balaban J connectivity index is 3.10. The molecule has 0 aliphatic carbocycles. The number of nitro groups is 1. The highest BCUT2D eigenvalue weighted by Gasteiger charge is 2.23. The number of hydrogen-bond acceptors (Lipinski definition) is 4. The summed E-state index contributed by atoms with van der Waals surface area (Å²) in [6.07, 6.45) is 0. The van der Waals surface area contributed by atoms with Crippen LogP contribution in [-0.2, 0) is 4.79 Å². The molecule has 0 aromatic carbocycles. The van der Waals surface area contributed by atoms with E-state index in [1.807, 2.05) is 0 Å². The lowest BCUT2D eigenvalue weighted by Crippen LogP contribution is -2.17. The zero-order valence-corrected chi connectivity index (χ0v) is 7.67. The van der Waals surface area contributed by atoms with E-state index in [1.54, 1.807) is 6.92 Å². The van der Waals surface area contributed by atoms with Crippen LogP contribution in [0.5, 0.6) is 0 Å². The van der Waals surface area contributed by atoms with Crippen molar-refractivity contribution < 1.29 is 14.8 Å². The number of carboxylic acids is 1. The van der Waals surface area contributed by atoms with Gasteiger partial charge in [-0.3, -0.25) is 0 Å². The molecule has 14 heavy (non-hydrogen) atoms. The minimum atomic E-state index is -1.08. The number of carbonyl (C=O) groups is 1. The first kappa shape index (κ1) is 10.2. The molecule has 1 heterocycles. The van der Waals surface area contributed by atoms with Crippen LogP contribution < -0.4 is 0 Å². The second-order valence-electron chi connectivity index (χ2n) is 2.86. The number of aliphatic carboxylic acids is 1. The van der Waals surface area contributed by atoms with Crippen LogP contribution in [0, 0.1) is 17.0 Å². The van der Waals surface area contributed by atoms with E-state index in [9.17, 15) is 14.9 Å². The van der Waals surface area contributed by atoms with E-state index < -0.39 is 16.9 Å². The maximum Gasteiger partial charge on any atom is 0.390 e. The van der Waals surface area contributed by atoms with Gasteiger partial charge in [0.1, 0.15) is 0 Å². The zero-order valence-electron chi connectivity index (χ0n) is 7.67. The monoisotopic (exact) mass is 199 g/mol. The zero-order chi connectivity index (χ0) is 10.9. The summed E-state index contributed by atoms with van der Waals surface area (Å²) in [7, 11) is 0. The topological polar surface area (TPSA) is 98.3 Å². The number of carboxylic acid groups (broad SMARTS) is 1. The van der Waals surface area contributed by atoms with Crippen LogP contribution in [0.3, 0.4) is 0 Å². The standard InChI is InChI=1S/C7H9N3O4/c1-4-3-6(10(13)14)8-9(4)5(2)7(11)12/h3,5H,1-2H3,(H,11,12). The minimum absolute atomic E-state index is 0.337. The van der Waals surface area contributed by atoms with E-state index >= 15 is 0 Å². The fraction of sp³-hybridized carbons (Fsp3) is 0.429. The van der Waals surface area contributed by atoms with E-state index in [-0.39, 0.29) is 5.82 Å². The molecule has 0 radical (unpaired) electrons. The Morgan fingerprint density at radius 3 is 2.71 bits per heavy atom. The summed E-state index contributed by atoms with van der Waals surface area (Å²) >= 11 is 0. The number of rotatable bonds is 3. The average Bonchev–Trinajstić information content (AvgIpc) is 2.46. The Morgan fingerprint density at radius 2 is 2.36 bits per heavy atom. The van der Waals surface area contributed by atoms with Crippen molar-refractivity contribution in [1.82, 2.24) is 9.78 Å². The smallest absolute Gasteiger partial charge is 0.390 e. The molecule has 7 nitrogen and oxygen atoms in total. The molecule has 0 amide bonds. The average molecular weight is 199 g/mol. The Kier molecular flexibility index (Phi) is 2.50. The van der Waals surface area contributed by atoms with Crippen LogP contribution in [0.1, 0.15) is 18.7 Å². The van der Waals surface area contributed by atoms with Crippen molar-refractivity contribution in [1.29, 1.82) is 0 Å². The second kappa shape index (κ2) is 3.44. The van der Waals surface area contributed by atoms with Gasteiger partial charge in [-0.15, -0.1) is 0 Å². The Morgan fingerprint density at radius 1 is 1.79 bits per heavy atom. The van der Waals surface area contributed by atoms with Crippen LogP contribution in [0.4, 0.5) is 5.82 Å². The lowest BCUT2D eigenvalue weighted by molar-refractivity contribution is -0.389. The molecule has 0 bridgehead atoms. The van der Waals surface area contributed by atoms with Crippen molar-refractivity contribution in [3.8, 4) is 0 Å². The number of aromatic nitrogens is 2. The van der Waals surface area contributed by atoms with Crippen molar-refractivity contribution in [2.75, 3.05) is 0 Å². The van der Waals surface area contributed by atoms with Crippen LogP contribution in [0.2, 0.25) is 0 Å². The molecule has 7 heteroatoms. The molecule has 1 rings (SSSR count). The normalized spacial score (nSPS) is 12.4. The van der Waals surface area contributed by atoms with Crippen LogP contribution in [-0.4, -0.2) is 25.8 Å². The maximum absolute atomic E-state index is 10.6.